The van der Waals surface area contributed by atoms with Crippen LogP contribution in [0.25, 0.3) is 0 Å². The van der Waals surface area contributed by atoms with Crippen LogP contribution in [0.4, 0.5) is 0 Å². The monoisotopic (exact) mass is 256 g/mol. The predicted molar refractivity (Wildman–Crippen MR) is 73.3 cm³/mol. The standard InChI is InChI=1S/C12H20N2S2/c1-9-13-10(8-16-9)7-14(2)11-4-5-12(6-11)15-3/h8,11-12H,4-7H2,1-3H3. The minimum Gasteiger partial charge on any atom is -0.298 e. The third-order valence-corrected chi connectivity index (χ3v) is 5.31. The molecule has 1 fully saturated rings. The van der Waals surface area contributed by atoms with E-state index < -0.39 is 0 Å². The molecule has 0 spiro atoms. The first-order chi connectivity index (χ1) is 7.69. The van der Waals surface area contributed by atoms with Gasteiger partial charge in [-0.05, 0) is 39.5 Å². The summed E-state index contributed by atoms with van der Waals surface area (Å²) in [5.74, 6) is 0. The summed E-state index contributed by atoms with van der Waals surface area (Å²) in [6.45, 7) is 3.09. The summed E-state index contributed by atoms with van der Waals surface area (Å²) in [7, 11) is 2.24. The summed E-state index contributed by atoms with van der Waals surface area (Å²) < 4.78 is 0. The molecule has 1 aliphatic rings. The minimum absolute atomic E-state index is 0.763. The Hall–Kier alpha value is -0.0600. The molecule has 1 aromatic heterocycles. The predicted octanol–water partition coefficient (Wildman–Crippen LogP) is 3.17. The fraction of sp³-hybridized carbons (Fsp3) is 0.750. The van der Waals surface area contributed by atoms with Crippen molar-refractivity contribution < 1.29 is 0 Å². The van der Waals surface area contributed by atoms with Gasteiger partial charge in [-0.3, -0.25) is 4.90 Å². The molecule has 0 aromatic carbocycles. The van der Waals surface area contributed by atoms with Crippen molar-refractivity contribution in [2.75, 3.05) is 13.3 Å². The van der Waals surface area contributed by atoms with E-state index in [2.05, 4.69) is 35.5 Å². The Morgan fingerprint density at radius 1 is 1.56 bits per heavy atom. The van der Waals surface area contributed by atoms with Crippen molar-refractivity contribution in [2.45, 2.75) is 44.0 Å². The van der Waals surface area contributed by atoms with Crippen LogP contribution in [0.5, 0.6) is 0 Å². The number of hydrogen-bond acceptors (Lipinski definition) is 4. The van der Waals surface area contributed by atoms with Crippen LogP contribution >= 0.6 is 23.1 Å². The second-order valence-electron chi connectivity index (χ2n) is 4.60. The Labute approximate surface area is 106 Å². The molecule has 0 radical (unpaired) electrons. The van der Waals surface area contributed by atoms with Crippen molar-refractivity contribution in [3.63, 3.8) is 0 Å². The van der Waals surface area contributed by atoms with Gasteiger partial charge >= 0.3 is 0 Å². The van der Waals surface area contributed by atoms with Crippen LogP contribution in [-0.4, -0.2) is 34.5 Å². The lowest BCUT2D eigenvalue weighted by Gasteiger charge is -2.23. The average molecular weight is 256 g/mol. The van der Waals surface area contributed by atoms with Gasteiger partial charge < -0.3 is 0 Å². The highest BCUT2D eigenvalue weighted by Crippen LogP contribution is 2.31. The molecule has 0 saturated heterocycles. The highest BCUT2D eigenvalue weighted by atomic mass is 32.2. The number of rotatable bonds is 4. The van der Waals surface area contributed by atoms with Gasteiger partial charge in [-0.15, -0.1) is 11.3 Å². The fourth-order valence-electron chi connectivity index (χ4n) is 2.40. The molecule has 2 atom stereocenters. The summed E-state index contributed by atoms with van der Waals surface area (Å²) in [5, 5.41) is 4.24. The lowest BCUT2D eigenvalue weighted by atomic mass is 10.2. The number of aryl methyl sites for hydroxylation is 1. The van der Waals surface area contributed by atoms with Crippen LogP contribution in [-0.2, 0) is 6.54 Å². The molecule has 0 amide bonds. The zero-order valence-electron chi connectivity index (χ0n) is 10.3. The van der Waals surface area contributed by atoms with Gasteiger partial charge in [-0.25, -0.2) is 4.98 Å². The summed E-state index contributed by atoms with van der Waals surface area (Å²) in [5.41, 5.74) is 1.23. The molecule has 4 heteroatoms. The number of aromatic nitrogens is 1. The van der Waals surface area contributed by atoms with Gasteiger partial charge in [-0.1, -0.05) is 0 Å². The number of thiazole rings is 1. The van der Waals surface area contributed by atoms with Crippen molar-refractivity contribution in [3.8, 4) is 0 Å². The van der Waals surface area contributed by atoms with Gasteiger partial charge in [0.1, 0.15) is 0 Å². The molecule has 2 rings (SSSR count). The van der Waals surface area contributed by atoms with Crippen LogP contribution in [0, 0.1) is 6.92 Å². The molecule has 2 nitrogen and oxygen atoms in total. The van der Waals surface area contributed by atoms with E-state index >= 15 is 0 Å². The second kappa shape index (κ2) is 5.52. The molecular formula is C12H20N2S2. The number of hydrogen-bond donors (Lipinski definition) is 0. The first-order valence-corrected chi connectivity index (χ1v) is 8.00. The van der Waals surface area contributed by atoms with E-state index in [4.69, 9.17) is 0 Å². The van der Waals surface area contributed by atoms with Crippen LogP contribution in [0.3, 0.4) is 0 Å². The van der Waals surface area contributed by atoms with Gasteiger partial charge in [0.05, 0.1) is 10.7 Å². The van der Waals surface area contributed by atoms with Gasteiger partial charge in [0, 0.05) is 23.2 Å². The van der Waals surface area contributed by atoms with Crippen molar-refractivity contribution >= 4 is 23.1 Å². The van der Waals surface area contributed by atoms with E-state index in [-0.39, 0.29) is 0 Å². The summed E-state index contributed by atoms with van der Waals surface area (Å²) in [6, 6.07) is 0.763. The van der Waals surface area contributed by atoms with Gasteiger partial charge in [-0.2, -0.15) is 11.8 Å². The zero-order valence-corrected chi connectivity index (χ0v) is 11.9. The van der Waals surface area contributed by atoms with Crippen molar-refractivity contribution in [1.29, 1.82) is 0 Å². The highest BCUT2D eigenvalue weighted by molar-refractivity contribution is 7.99. The third kappa shape index (κ3) is 2.99. The number of thioether (sulfide) groups is 1. The van der Waals surface area contributed by atoms with E-state index in [0.29, 0.717) is 0 Å². The maximum absolute atomic E-state index is 4.53. The zero-order chi connectivity index (χ0) is 11.5. The lowest BCUT2D eigenvalue weighted by molar-refractivity contribution is 0.235. The van der Waals surface area contributed by atoms with E-state index in [1.807, 2.05) is 11.8 Å². The Kier molecular flexibility index (Phi) is 4.27. The largest absolute Gasteiger partial charge is 0.298 e. The van der Waals surface area contributed by atoms with E-state index in [9.17, 15) is 0 Å². The van der Waals surface area contributed by atoms with Crippen LogP contribution in [0.1, 0.15) is 30.0 Å². The maximum atomic E-state index is 4.53. The van der Waals surface area contributed by atoms with E-state index in [0.717, 1.165) is 17.8 Å². The third-order valence-electron chi connectivity index (χ3n) is 3.39. The quantitative estimate of drug-likeness (QED) is 0.823. The van der Waals surface area contributed by atoms with E-state index in [1.54, 1.807) is 11.3 Å². The topological polar surface area (TPSA) is 16.1 Å². The molecule has 1 saturated carbocycles. The van der Waals surface area contributed by atoms with E-state index in [1.165, 1.54) is 30.0 Å². The molecule has 1 aromatic rings. The number of nitrogens with zero attached hydrogens (tertiary/aromatic N) is 2. The molecule has 0 aliphatic heterocycles. The molecule has 1 heterocycles. The summed E-state index contributed by atoms with van der Waals surface area (Å²) in [4.78, 5) is 7.01. The molecular weight excluding hydrogens is 236 g/mol. The van der Waals surface area contributed by atoms with Crippen molar-refractivity contribution in [2.24, 2.45) is 0 Å². The average Bonchev–Trinajstić information content (AvgIpc) is 2.87. The fourth-order valence-corrected chi connectivity index (χ4v) is 3.79. The Morgan fingerprint density at radius 3 is 2.94 bits per heavy atom. The Balaban J connectivity index is 1.86. The van der Waals surface area contributed by atoms with Crippen LogP contribution in [0.15, 0.2) is 5.38 Å². The molecule has 0 N–H and O–H groups in total. The molecule has 2 unspecified atom stereocenters. The molecule has 16 heavy (non-hydrogen) atoms. The highest BCUT2D eigenvalue weighted by Gasteiger charge is 2.26. The SMILES string of the molecule is CSC1CCC(N(C)Cc2csc(C)n2)C1. The van der Waals surface area contributed by atoms with Gasteiger partial charge in [0.25, 0.3) is 0 Å². The summed E-state index contributed by atoms with van der Waals surface area (Å²) >= 11 is 3.78. The first-order valence-electron chi connectivity index (χ1n) is 5.83. The first kappa shape index (κ1) is 12.4. The maximum Gasteiger partial charge on any atom is 0.0897 e. The second-order valence-corrected chi connectivity index (χ2v) is 6.80. The van der Waals surface area contributed by atoms with Crippen molar-refractivity contribution in [1.82, 2.24) is 9.88 Å². The smallest absolute Gasteiger partial charge is 0.0897 e. The van der Waals surface area contributed by atoms with Crippen LogP contribution in [0.2, 0.25) is 0 Å². The minimum atomic E-state index is 0.763. The molecule has 0 bridgehead atoms. The van der Waals surface area contributed by atoms with Crippen molar-refractivity contribution in [3.05, 3.63) is 16.1 Å². The van der Waals surface area contributed by atoms with Crippen LogP contribution < -0.4 is 0 Å². The lowest BCUT2D eigenvalue weighted by Crippen LogP contribution is -2.29. The van der Waals surface area contributed by atoms with Gasteiger partial charge in [0.2, 0.25) is 0 Å². The van der Waals surface area contributed by atoms with Gasteiger partial charge in [0.15, 0.2) is 0 Å². The molecule has 1 aliphatic carbocycles. The Bertz CT molecular complexity index is 338. The Morgan fingerprint density at radius 2 is 2.38 bits per heavy atom. The normalized spacial score (nSPS) is 25.5. The molecule has 90 valence electrons. The summed E-state index contributed by atoms with van der Waals surface area (Å²) in [6.07, 6.45) is 6.31.